The summed E-state index contributed by atoms with van der Waals surface area (Å²) in [6.45, 7) is 6.40. The molecular weight excluding hydrogens is 338 g/mol. The lowest BCUT2D eigenvalue weighted by Gasteiger charge is -2.37. The van der Waals surface area contributed by atoms with Gasteiger partial charge in [0, 0.05) is 43.3 Å². The molecule has 0 radical (unpaired) electrons. The number of benzene rings is 1. The molecule has 2 heterocycles. The van der Waals surface area contributed by atoms with Crippen molar-refractivity contribution in [2.24, 2.45) is 0 Å². The molecule has 0 spiro atoms. The summed E-state index contributed by atoms with van der Waals surface area (Å²) in [6, 6.07) is 10.9. The van der Waals surface area contributed by atoms with Crippen LogP contribution in [0.25, 0.3) is 0 Å². The molecule has 3 rings (SSSR count). The van der Waals surface area contributed by atoms with Crippen molar-refractivity contribution in [3.8, 4) is 0 Å². The maximum Gasteiger partial charge on any atom is 0.251 e. The van der Waals surface area contributed by atoms with Gasteiger partial charge < -0.3 is 14.6 Å². The average Bonchev–Trinajstić information content (AvgIpc) is 3.03. The summed E-state index contributed by atoms with van der Waals surface area (Å²) in [5, 5.41) is 3.66. The lowest BCUT2D eigenvalue weighted by atomic mass is 10.1. The van der Waals surface area contributed by atoms with E-state index in [1.165, 1.54) is 0 Å². The van der Waals surface area contributed by atoms with Gasteiger partial charge in [-0.25, -0.2) is 0 Å². The zero-order valence-electron chi connectivity index (χ0n) is 14.7. The molecule has 134 valence electrons. The zero-order chi connectivity index (χ0) is 17.8. The summed E-state index contributed by atoms with van der Waals surface area (Å²) in [6.07, 6.45) is 0. The zero-order valence-corrected chi connectivity index (χ0v) is 15.4. The van der Waals surface area contributed by atoms with Crippen molar-refractivity contribution in [3.63, 3.8) is 0 Å². The van der Waals surface area contributed by atoms with Crippen molar-refractivity contribution >= 4 is 17.5 Å². The van der Waals surface area contributed by atoms with Crippen molar-refractivity contribution < 1.29 is 9.21 Å². The predicted octanol–water partition coefficient (Wildman–Crippen LogP) is 2.96. The number of amides is 1. The number of likely N-dealkylation sites (N-methyl/N-ethyl adjacent to an activating group) is 1. The Morgan fingerprint density at radius 2 is 1.84 bits per heavy atom. The van der Waals surface area contributed by atoms with Crippen LogP contribution in [0.5, 0.6) is 0 Å². The quantitative estimate of drug-likeness (QED) is 0.889. The maximum atomic E-state index is 12.4. The van der Waals surface area contributed by atoms with Gasteiger partial charge >= 0.3 is 0 Å². The molecular formula is C19H24ClN3O2. The molecule has 5 nitrogen and oxygen atoms in total. The van der Waals surface area contributed by atoms with Crippen LogP contribution in [-0.4, -0.2) is 55.5 Å². The highest BCUT2D eigenvalue weighted by Gasteiger charge is 2.26. The number of furan rings is 1. The lowest BCUT2D eigenvalue weighted by Crippen LogP contribution is -2.48. The molecule has 1 aliphatic rings. The summed E-state index contributed by atoms with van der Waals surface area (Å²) in [4.78, 5) is 17.1. The van der Waals surface area contributed by atoms with Crippen LogP contribution in [0.15, 0.2) is 40.8 Å². The first-order valence-electron chi connectivity index (χ1n) is 8.55. The Morgan fingerprint density at radius 1 is 1.16 bits per heavy atom. The highest BCUT2D eigenvalue weighted by atomic mass is 35.5. The fourth-order valence-corrected chi connectivity index (χ4v) is 3.19. The second-order valence-corrected chi connectivity index (χ2v) is 6.96. The Kier molecular flexibility index (Phi) is 5.78. The van der Waals surface area contributed by atoms with Crippen LogP contribution in [0.1, 0.15) is 27.9 Å². The van der Waals surface area contributed by atoms with Crippen LogP contribution >= 0.6 is 11.6 Å². The Bertz CT molecular complexity index is 706. The normalized spacial score (nSPS) is 17.4. The molecule has 0 saturated carbocycles. The summed E-state index contributed by atoms with van der Waals surface area (Å²) < 4.78 is 5.86. The Labute approximate surface area is 153 Å². The number of nitrogens with one attached hydrogen (secondary N) is 1. The number of aryl methyl sites for hydroxylation is 1. The second-order valence-electron chi connectivity index (χ2n) is 6.52. The SMILES string of the molecule is Cc1ccc([C@H](CNC(=O)c2ccc(Cl)cc2)N2CCN(C)CC2)o1. The van der Waals surface area contributed by atoms with Gasteiger partial charge in [0.2, 0.25) is 0 Å². The maximum absolute atomic E-state index is 12.4. The number of carbonyl (C=O) groups is 1. The monoisotopic (exact) mass is 361 g/mol. The molecule has 1 atom stereocenters. The lowest BCUT2D eigenvalue weighted by molar-refractivity contribution is 0.0849. The number of nitrogens with zero attached hydrogens (tertiary/aromatic N) is 2. The topological polar surface area (TPSA) is 48.7 Å². The van der Waals surface area contributed by atoms with Crippen LogP contribution in [0.3, 0.4) is 0 Å². The van der Waals surface area contributed by atoms with Gasteiger partial charge in [0.15, 0.2) is 0 Å². The van der Waals surface area contributed by atoms with Crippen molar-refractivity contribution in [1.82, 2.24) is 15.1 Å². The van der Waals surface area contributed by atoms with E-state index in [0.717, 1.165) is 37.7 Å². The third-order valence-corrected chi connectivity index (χ3v) is 4.88. The number of piperazine rings is 1. The molecule has 2 aromatic rings. The average molecular weight is 362 g/mol. The van der Waals surface area contributed by atoms with Crippen LogP contribution in [0.2, 0.25) is 5.02 Å². The first-order valence-corrected chi connectivity index (χ1v) is 8.93. The van der Waals surface area contributed by atoms with Gasteiger partial charge in [-0.1, -0.05) is 11.6 Å². The van der Waals surface area contributed by atoms with E-state index in [0.29, 0.717) is 17.1 Å². The summed E-state index contributed by atoms with van der Waals surface area (Å²) in [7, 11) is 2.13. The molecule has 0 unspecified atom stereocenters. The Hall–Kier alpha value is -1.82. The number of hydrogen-bond acceptors (Lipinski definition) is 4. The van der Waals surface area contributed by atoms with E-state index in [2.05, 4.69) is 22.2 Å². The number of carbonyl (C=O) groups excluding carboxylic acids is 1. The van der Waals surface area contributed by atoms with Gasteiger partial charge in [0.1, 0.15) is 11.5 Å². The molecule has 1 N–H and O–H groups in total. The van der Waals surface area contributed by atoms with Gasteiger partial charge in [0.05, 0.1) is 6.04 Å². The minimum absolute atomic E-state index is 0.0404. The van der Waals surface area contributed by atoms with E-state index in [9.17, 15) is 4.79 Å². The van der Waals surface area contributed by atoms with E-state index in [1.54, 1.807) is 24.3 Å². The van der Waals surface area contributed by atoms with E-state index in [1.807, 2.05) is 19.1 Å². The van der Waals surface area contributed by atoms with Gasteiger partial charge in [-0.05, 0) is 50.4 Å². The van der Waals surface area contributed by atoms with Crippen LogP contribution in [0, 0.1) is 6.92 Å². The molecule has 1 aromatic heterocycles. The van der Waals surface area contributed by atoms with Gasteiger partial charge in [-0.3, -0.25) is 9.69 Å². The highest BCUT2D eigenvalue weighted by molar-refractivity contribution is 6.30. The summed E-state index contributed by atoms with van der Waals surface area (Å²) in [5.74, 6) is 1.69. The van der Waals surface area contributed by atoms with Crippen molar-refractivity contribution in [3.05, 3.63) is 58.5 Å². The molecule has 1 fully saturated rings. The molecule has 1 saturated heterocycles. The number of rotatable bonds is 5. The molecule has 1 amide bonds. The van der Waals surface area contributed by atoms with Gasteiger partial charge in [0.25, 0.3) is 5.91 Å². The molecule has 6 heteroatoms. The molecule has 1 aliphatic heterocycles. The van der Waals surface area contributed by atoms with E-state index in [4.69, 9.17) is 16.0 Å². The molecule has 0 aliphatic carbocycles. The predicted molar refractivity (Wildman–Crippen MR) is 99.0 cm³/mol. The van der Waals surface area contributed by atoms with Gasteiger partial charge in [-0.2, -0.15) is 0 Å². The Balaban J connectivity index is 1.69. The Morgan fingerprint density at radius 3 is 2.44 bits per heavy atom. The van der Waals surface area contributed by atoms with Crippen molar-refractivity contribution in [1.29, 1.82) is 0 Å². The molecule has 1 aromatic carbocycles. The minimum atomic E-state index is -0.0981. The standard InChI is InChI=1S/C19H24ClN3O2/c1-14-3-8-18(25-14)17(23-11-9-22(2)10-12-23)13-21-19(24)15-4-6-16(20)7-5-15/h3-8,17H,9-13H2,1-2H3,(H,21,24)/t17-/m0/s1. The summed E-state index contributed by atoms with van der Waals surface area (Å²) in [5.41, 5.74) is 0.608. The molecule has 25 heavy (non-hydrogen) atoms. The van der Waals surface area contributed by atoms with Crippen molar-refractivity contribution in [2.45, 2.75) is 13.0 Å². The highest BCUT2D eigenvalue weighted by Crippen LogP contribution is 2.23. The smallest absolute Gasteiger partial charge is 0.251 e. The summed E-state index contributed by atoms with van der Waals surface area (Å²) >= 11 is 5.88. The van der Waals surface area contributed by atoms with Crippen molar-refractivity contribution in [2.75, 3.05) is 39.8 Å². The molecule has 0 bridgehead atoms. The van der Waals surface area contributed by atoms with E-state index >= 15 is 0 Å². The fourth-order valence-electron chi connectivity index (χ4n) is 3.07. The first kappa shape index (κ1) is 18.0. The van der Waals surface area contributed by atoms with Gasteiger partial charge in [-0.15, -0.1) is 0 Å². The van der Waals surface area contributed by atoms with E-state index < -0.39 is 0 Å². The number of hydrogen-bond donors (Lipinski definition) is 1. The minimum Gasteiger partial charge on any atom is -0.465 e. The fraction of sp³-hybridized carbons (Fsp3) is 0.421. The largest absolute Gasteiger partial charge is 0.465 e. The number of halogens is 1. The second kappa shape index (κ2) is 8.04. The third-order valence-electron chi connectivity index (χ3n) is 4.63. The van der Waals surface area contributed by atoms with Crippen LogP contribution < -0.4 is 5.32 Å². The third kappa shape index (κ3) is 4.63. The van der Waals surface area contributed by atoms with Crippen LogP contribution in [-0.2, 0) is 0 Å². The van der Waals surface area contributed by atoms with E-state index in [-0.39, 0.29) is 11.9 Å². The van der Waals surface area contributed by atoms with Crippen LogP contribution in [0.4, 0.5) is 0 Å². The first-order chi connectivity index (χ1) is 12.0.